The molecule has 0 radical (unpaired) electrons. The molecule has 1 unspecified atom stereocenters. The topological polar surface area (TPSA) is 84.0 Å². The van der Waals surface area contributed by atoms with E-state index in [2.05, 4.69) is 15.2 Å². The number of nitrogens with one attached hydrogen (secondary N) is 1. The minimum Gasteiger partial charge on any atom is -0.472 e. The van der Waals surface area contributed by atoms with Crippen LogP contribution >= 0.6 is 0 Å². The van der Waals surface area contributed by atoms with Crippen LogP contribution in [0.3, 0.4) is 0 Å². The van der Waals surface area contributed by atoms with Crippen LogP contribution < -0.4 is 15.0 Å². The number of nitrogens with zero attached hydrogens (tertiary/aromatic N) is 3. The Hall–Kier alpha value is -2.97. The van der Waals surface area contributed by atoms with Gasteiger partial charge in [-0.05, 0) is 18.6 Å². The minimum atomic E-state index is -0.708. The second-order valence-electron chi connectivity index (χ2n) is 7.63. The lowest BCUT2D eigenvalue weighted by Crippen LogP contribution is -2.43. The molecular formula is C23H28N4O4. The first-order valence-electron chi connectivity index (χ1n) is 10.8. The molecule has 2 amide bonds. The van der Waals surface area contributed by atoms with E-state index in [1.54, 1.807) is 17.2 Å². The van der Waals surface area contributed by atoms with Crippen molar-refractivity contribution in [1.82, 2.24) is 15.2 Å². The van der Waals surface area contributed by atoms with E-state index in [4.69, 9.17) is 9.47 Å². The van der Waals surface area contributed by atoms with E-state index in [0.29, 0.717) is 37.5 Å². The van der Waals surface area contributed by atoms with Crippen molar-refractivity contribution in [3.63, 3.8) is 0 Å². The molecule has 0 saturated carbocycles. The Bertz CT molecular complexity index is 886. The van der Waals surface area contributed by atoms with Crippen LogP contribution in [0.25, 0.3) is 0 Å². The smallest absolute Gasteiger partial charge is 0.274 e. The zero-order valence-electron chi connectivity index (χ0n) is 17.5. The molecule has 31 heavy (non-hydrogen) atoms. The summed E-state index contributed by atoms with van der Waals surface area (Å²) in [6, 6.07) is 13.0. The molecule has 2 aliphatic rings. The van der Waals surface area contributed by atoms with Crippen molar-refractivity contribution in [1.29, 1.82) is 0 Å². The summed E-state index contributed by atoms with van der Waals surface area (Å²) < 4.78 is 11.3. The summed E-state index contributed by atoms with van der Waals surface area (Å²) in [5.41, 5.74) is 0.799. The van der Waals surface area contributed by atoms with Gasteiger partial charge >= 0.3 is 0 Å². The van der Waals surface area contributed by atoms with Crippen molar-refractivity contribution in [3.05, 3.63) is 54.2 Å². The summed E-state index contributed by atoms with van der Waals surface area (Å²) in [5, 5.41) is 2.97. The molecule has 0 spiro atoms. The Labute approximate surface area is 182 Å². The number of pyridine rings is 1. The molecule has 3 heterocycles. The summed E-state index contributed by atoms with van der Waals surface area (Å²) in [4.78, 5) is 33.7. The Morgan fingerprint density at radius 1 is 1.10 bits per heavy atom. The highest BCUT2D eigenvalue weighted by molar-refractivity contribution is 5.99. The first kappa shape index (κ1) is 21.3. The Morgan fingerprint density at radius 2 is 1.90 bits per heavy atom. The van der Waals surface area contributed by atoms with Gasteiger partial charge in [-0.15, -0.1) is 0 Å². The van der Waals surface area contributed by atoms with Crippen LogP contribution in [0.4, 0.5) is 5.82 Å². The Kier molecular flexibility index (Phi) is 7.11. The average Bonchev–Trinajstić information content (AvgIpc) is 2.81. The lowest BCUT2D eigenvalue weighted by Gasteiger charge is -2.33. The van der Waals surface area contributed by atoms with Crippen LogP contribution in [0.1, 0.15) is 24.5 Å². The predicted octanol–water partition coefficient (Wildman–Crippen LogP) is 1.78. The number of rotatable bonds is 8. The van der Waals surface area contributed by atoms with Crippen molar-refractivity contribution in [2.75, 3.05) is 50.8 Å². The molecule has 1 fully saturated rings. The molecule has 1 aromatic carbocycles. The van der Waals surface area contributed by atoms with E-state index in [1.807, 2.05) is 36.4 Å². The standard InChI is InChI=1S/C23H28N4O4/c28-20(24-11-13-26-14-16-30-17-15-26)9-5-12-27-22-19(8-4-10-25-22)31-21(23(27)29)18-6-2-1-3-7-18/h1-4,6-8,10,21H,5,9,11-17H2,(H,24,28). The van der Waals surface area contributed by atoms with Gasteiger partial charge in [-0.1, -0.05) is 30.3 Å². The highest BCUT2D eigenvalue weighted by atomic mass is 16.5. The molecule has 8 nitrogen and oxygen atoms in total. The van der Waals surface area contributed by atoms with Crippen LogP contribution in [-0.4, -0.2) is 67.6 Å². The van der Waals surface area contributed by atoms with Gasteiger partial charge in [-0.2, -0.15) is 0 Å². The molecule has 1 aromatic heterocycles. The zero-order valence-corrected chi connectivity index (χ0v) is 17.5. The second-order valence-corrected chi connectivity index (χ2v) is 7.63. The van der Waals surface area contributed by atoms with Gasteiger partial charge in [0.1, 0.15) is 0 Å². The highest BCUT2D eigenvalue weighted by Gasteiger charge is 2.36. The molecule has 1 atom stereocenters. The number of carbonyl (C=O) groups excluding carboxylic acids is 2. The highest BCUT2D eigenvalue weighted by Crippen LogP contribution is 2.37. The van der Waals surface area contributed by atoms with Crippen molar-refractivity contribution in [2.45, 2.75) is 18.9 Å². The fourth-order valence-corrected chi connectivity index (χ4v) is 3.82. The van der Waals surface area contributed by atoms with Gasteiger partial charge in [0.15, 0.2) is 11.6 Å². The number of benzene rings is 1. The SMILES string of the molecule is O=C(CCCN1C(=O)C(c2ccccc2)Oc2cccnc21)NCCN1CCOCC1. The van der Waals surface area contributed by atoms with Gasteiger partial charge in [0.05, 0.1) is 13.2 Å². The van der Waals surface area contributed by atoms with Crippen molar-refractivity contribution in [3.8, 4) is 5.75 Å². The molecule has 1 N–H and O–H groups in total. The number of anilines is 1. The van der Waals surface area contributed by atoms with E-state index in [-0.39, 0.29) is 11.8 Å². The Balaban J connectivity index is 1.31. The van der Waals surface area contributed by atoms with E-state index in [1.165, 1.54) is 0 Å². The maximum atomic E-state index is 13.2. The number of fused-ring (bicyclic) bond motifs is 1. The maximum absolute atomic E-state index is 13.2. The Morgan fingerprint density at radius 3 is 2.71 bits per heavy atom. The fourth-order valence-electron chi connectivity index (χ4n) is 3.82. The monoisotopic (exact) mass is 424 g/mol. The number of ether oxygens (including phenoxy) is 2. The number of amides is 2. The van der Waals surface area contributed by atoms with Gasteiger partial charge in [0, 0.05) is 50.9 Å². The van der Waals surface area contributed by atoms with E-state index >= 15 is 0 Å². The zero-order chi connectivity index (χ0) is 21.5. The summed E-state index contributed by atoms with van der Waals surface area (Å²) in [6.45, 7) is 5.17. The van der Waals surface area contributed by atoms with Crippen molar-refractivity contribution in [2.24, 2.45) is 0 Å². The predicted molar refractivity (Wildman–Crippen MR) is 116 cm³/mol. The van der Waals surface area contributed by atoms with Crippen LogP contribution in [-0.2, 0) is 14.3 Å². The molecule has 2 aliphatic heterocycles. The minimum absolute atomic E-state index is 0.00479. The molecular weight excluding hydrogens is 396 g/mol. The number of hydrogen-bond donors (Lipinski definition) is 1. The molecule has 164 valence electrons. The molecule has 1 saturated heterocycles. The summed E-state index contributed by atoms with van der Waals surface area (Å²) in [5.74, 6) is 0.915. The van der Waals surface area contributed by atoms with Crippen LogP contribution in [0.5, 0.6) is 5.75 Å². The normalized spacial score (nSPS) is 18.9. The quantitative estimate of drug-likeness (QED) is 0.696. The number of carbonyl (C=O) groups is 2. The third-order valence-corrected chi connectivity index (χ3v) is 5.48. The summed E-state index contributed by atoms with van der Waals surface area (Å²) in [6.07, 6.45) is 1.84. The van der Waals surface area contributed by atoms with Gasteiger partial charge in [0.25, 0.3) is 5.91 Å². The third-order valence-electron chi connectivity index (χ3n) is 5.48. The van der Waals surface area contributed by atoms with Gasteiger partial charge in [-0.25, -0.2) is 4.98 Å². The van der Waals surface area contributed by atoms with Crippen LogP contribution in [0.15, 0.2) is 48.7 Å². The van der Waals surface area contributed by atoms with Gasteiger partial charge in [0.2, 0.25) is 12.0 Å². The van der Waals surface area contributed by atoms with E-state index < -0.39 is 6.10 Å². The van der Waals surface area contributed by atoms with E-state index in [0.717, 1.165) is 38.4 Å². The maximum Gasteiger partial charge on any atom is 0.274 e. The number of morpholine rings is 1. The molecule has 0 aliphatic carbocycles. The fraction of sp³-hybridized carbons (Fsp3) is 0.435. The first-order valence-corrected chi connectivity index (χ1v) is 10.8. The van der Waals surface area contributed by atoms with Crippen molar-refractivity contribution >= 4 is 17.6 Å². The lowest BCUT2D eigenvalue weighted by molar-refractivity contribution is -0.127. The van der Waals surface area contributed by atoms with E-state index in [9.17, 15) is 9.59 Å². The number of hydrogen-bond acceptors (Lipinski definition) is 6. The molecule has 8 heteroatoms. The summed E-state index contributed by atoms with van der Waals surface area (Å²) in [7, 11) is 0. The number of aromatic nitrogens is 1. The second kappa shape index (κ2) is 10.4. The molecule has 2 aromatic rings. The van der Waals surface area contributed by atoms with Gasteiger partial charge in [-0.3, -0.25) is 19.4 Å². The molecule has 0 bridgehead atoms. The largest absolute Gasteiger partial charge is 0.472 e. The van der Waals surface area contributed by atoms with Crippen LogP contribution in [0, 0.1) is 0 Å². The van der Waals surface area contributed by atoms with Gasteiger partial charge < -0.3 is 14.8 Å². The average molecular weight is 425 g/mol. The lowest BCUT2D eigenvalue weighted by atomic mass is 10.1. The molecule has 4 rings (SSSR count). The summed E-state index contributed by atoms with van der Waals surface area (Å²) >= 11 is 0. The van der Waals surface area contributed by atoms with Crippen molar-refractivity contribution < 1.29 is 19.1 Å². The first-order chi connectivity index (χ1) is 15.2. The van der Waals surface area contributed by atoms with Crippen LogP contribution in [0.2, 0.25) is 0 Å². The third kappa shape index (κ3) is 5.39.